The van der Waals surface area contributed by atoms with E-state index in [9.17, 15) is 34.8 Å². The van der Waals surface area contributed by atoms with Crippen molar-refractivity contribution in [3.05, 3.63) is 34.2 Å². The van der Waals surface area contributed by atoms with Crippen molar-refractivity contribution in [1.82, 2.24) is 0 Å². The van der Waals surface area contributed by atoms with Crippen molar-refractivity contribution in [2.24, 2.45) is 5.92 Å². The number of hydrogen-bond acceptors (Lipinski definition) is 3. The van der Waals surface area contributed by atoms with Gasteiger partial charge in [-0.1, -0.05) is 39.8 Å². The Balaban J connectivity index is 2.86. The van der Waals surface area contributed by atoms with Crippen molar-refractivity contribution in [3.8, 4) is 0 Å². The third kappa shape index (κ3) is 3.61. The average Bonchev–Trinajstić information content (AvgIpc) is 2.80. The molecule has 0 bridgehead atoms. The minimum atomic E-state index is -6.49. The first-order valence-electron chi connectivity index (χ1n) is 7.82. The molecule has 1 aliphatic heterocycles. The number of allylic oxidation sites excluding steroid dienone is 1. The maximum atomic E-state index is 14.2. The highest BCUT2D eigenvalue weighted by atomic mass is 32.3. The molecule has 27 heavy (non-hydrogen) atoms. The Kier molecular flexibility index (Phi) is 5.48. The van der Waals surface area contributed by atoms with E-state index in [-0.39, 0.29) is 11.5 Å². The summed E-state index contributed by atoms with van der Waals surface area (Å²) in [5.74, 6) is -1.11. The first kappa shape index (κ1) is 22.1. The molecule has 0 fully saturated rings. The standard InChI is InChI=1S/C16H18F6O3S2/c1-9(2)11-5-6-12-8-13(10(3)4)26(14(12)7-11,15(17,18)19)25-27(23,24)16(20,21)22/h5-10H,1-4H3. The summed E-state index contributed by atoms with van der Waals surface area (Å²) in [5, 5.41) is 0. The van der Waals surface area contributed by atoms with Crippen LogP contribution in [0.15, 0.2) is 28.0 Å². The van der Waals surface area contributed by atoms with Gasteiger partial charge in [0.05, 0.1) is 0 Å². The molecule has 0 saturated carbocycles. The number of fused-ring (bicyclic) bond motifs is 1. The van der Waals surface area contributed by atoms with Crippen LogP contribution in [0, 0.1) is 5.92 Å². The predicted molar refractivity (Wildman–Crippen MR) is 91.3 cm³/mol. The maximum Gasteiger partial charge on any atom is 0.523 e. The molecule has 3 nitrogen and oxygen atoms in total. The molecule has 0 saturated heterocycles. The lowest BCUT2D eigenvalue weighted by molar-refractivity contribution is -0.0547. The molecule has 0 amide bonds. The second kappa shape index (κ2) is 6.70. The van der Waals surface area contributed by atoms with Gasteiger partial charge in [0.25, 0.3) is 0 Å². The lowest BCUT2D eigenvalue weighted by atomic mass is 10.0. The second-order valence-electron chi connectivity index (χ2n) is 6.62. The Morgan fingerprint density at radius 3 is 1.93 bits per heavy atom. The maximum absolute atomic E-state index is 14.2. The summed E-state index contributed by atoms with van der Waals surface area (Å²) in [6.45, 7) is 6.09. The molecule has 1 aliphatic rings. The zero-order valence-electron chi connectivity index (χ0n) is 14.8. The molecule has 0 aromatic heterocycles. The summed E-state index contributed by atoms with van der Waals surface area (Å²) >= 11 is 0. The first-order valence-corrected chi connectivity index (χ1v) is 10.8. The highest BCUT2D eigenvalue weighted by Gasteiger charge is 2.64. The van der Waals surface area contributed by atoms with E-state index in [1.807, 2.05) is 0 Å². The molecule has 0 aliphatic carbocycles. The van der Waals surface area contributed by atoms with Gasteiger partial charge in [-0.3, -0.25) is 0 Å². The normalized spacial score (nSPS) is 23.3. The van der Waals surface area contributed by atoms with E-state index in [0.717, 1.165) is 12.1 Å². The molecule has 1 unspecified atom stereocenters. The molecule has 1 atom stereocenters. The minimum Gasteiger partial charge on any atom is -0.196 e. The van der Waals surface area contributed by atoms with Gasteiger partial charge in [-0.05, 0) is 35.1 Å². The van der Waals surface area contributed by atoms with Gasteiger partial charge in [-0.2, -0.15) is 38.4 Å². The summed E-state index contributed by atoms with van der Waals surface area (Å²) in [6.07, 6.45) is 1.08. The van der Waals surface area contributed by atoms with E-state index in [4.69, 9.17) is 0 Å². The van der Waals surface area contributed by atoms with Crippen LogP contribution in [0.2, 0.25) is 0 Å². The molecule has 2 rings (SSSR count). The van der Waals surface area contributed by atoms with E-state index < -0.39 is 47.2 Å². The van der Waals surface area contributed by atoms with Gasteiger partial charge in [-0.15, -0.1) is 0 Å². The van der Waals surface area contributed by atoms with Gasteiger partial charge in [0.15, 0.2) is 0 Å². The van der Waals surface area contributed by atoms with Crippen molar-refractivity contribution in [2.75, 3.05) is 0 Å². The lowest BCUT2D eigenvalue weighted by Gasteiger charge is -2.40. The van der Waals surface area contributed by atoms with Gasteiger partial charge in [0.2, 0.25) is 0 Å². The van der Waals surface area contributed by atoms with Gasteiger partial charge >= 0.3 is 21.1 Å². The van der Waals surface area contributed by atoms with Crippen LogP contribution >= 0.6 is 10.3 Å². The highest BCUT2D eigenvalue weighted by Crippen LogP contribution is 2.79. The van der Waals surface area contributed by atoms with Gasteiger partial charge in [-0.25, -0.2) is 0 Å². The van der Waals surface area contributed by atoms with Crippen LogP contribution in [-0.4, -0.2) is 19.4 Å². The molecule has 1 aromatic carbocycles. The molecule has 154 valence electrons. The van der Waals surface area contributed by atoms with Crippen LogP contribution in [-0.2, 0) is 13.7 Å². The monoisotopic (exact) mass is 436 g/mol. The number of hydrogen-bond donors (Lipinski definition) is 0. The topological polar surface area (TPSA) is 43.4 Å². The minimum absolute atomic E-state index is 0.00722. The second-order valence-corrected chi connectivity index (χ2v) is 11.0. The summed E-state index contributed by atoms with van der Waals surface area (Å²) < 4.78 is 108. The Hall–Kier alpha value is -1.20. The fourth-order valence-corrected chi connectivity index (χ4v) is 7.47. The van der Waals surface area contributed by atoms with Crippen LogP contribution in [0.4, 0.5) is 26.3 Å². The Morgan fingerprint density at radius 1 is 0.963 bits per heavy atom. The molecule has 0 spiro atoms. The van der Waals surface area contributed by atoms with Crippen LogP contribution < -0.4 is 0 Å². The molecule has 1 aromatic rings. The zero-order valence-corrected chi connectivity index (χ0v) is 16.4. The number of rotatable bonds is 4. The Labute approximate surface area is 155 Å². The average molecular weight is 436 g/mol. The van der Waals surface area contributed by atoms with E-state index >= 15 is 0 Å². The van der Waals surface area contributed by atoms with Gasteiger partial charge < -0.3 is 0 Å². The van der Waals surface area contributed by atoms with Gasteiger partial charge in [0, 0.05) is 20.1 Å². The molecule has 0 radical (unpaired) electrons. The van der Waals surface area contributed by atoms with Crippen LogP contribution in [0.3, 0.4) is 0 Å². The third-order valence-corrected chi connectivity index (χ3v) is 8.99. The summed E-state index contributed by atoms with van der Waals surface area (Å²) in [4.78, 5) is -1.09. The summed E-state index contributed by atoms with van der Waals surface area (Å²) in [6, 6.07) is 4.00. The number of benzene rings is 1. The lowest BCUT2D eigenvalue weighted by Crippen LogP contribution is -2.33. The summed E-state index contributed by atoms with van der Waals surface area (Å²) in [5.41, 5.74) is -10.9. The molecule has 11 heteroatoms. The van der Waals surface area contributed by atoms with Crippen LogP contribution in [0.5, 0.6) is 0 Å². The molecule has 0 N–H and O–H groups in total. The van der Waals surface area contributed by atoms with Crippen molar-refractivity contribution in [2.45, 2.75) is 49.5 Å². The largest absolute Gasteiger partial charge is 0.523 e. The molecular weight excluding hydrogens is 418 g/mol. The fraction of sp³-hybridized carbons (Fsp3) is 0.500. The van der Waals surface area contributed by atoms with Crippen molar-refractivity contribution >= 4 is 26.5 Å². The third-order valence-electron chi connectivity index (χ3n) is 4.01. The number of halogens is 6. The Bertz CT molecular complexity index is 869. The quantitative estimate of drug-likeness (QED) is 0.412. The van der Waals surface area contributed by atoms with E-state index in [1.165, 1.54) is 19.9 Å². The number of alkyl halides is 6. The molecular formula is C16H18F6O3S2. The van der Waals surface area contributed by atoms with Crippen LogP contribution in [0.1, 0.15) is 44.7 Å². The predicted octanol–water partition coefficient (Wildman–Crippen LogP) is 6.29. The van der Waals surface area contributed by atoms with Crippen LogP contribution in [0.25, 0.3) is 6.08 Å². The Morgan fingerprint density at radius 2 is 1.52 bits per heavy atom. The SMILES string of the molecule is CC(C)C1=Cc2ccc(C(C)C)cc2S1(OS(=O)(=O)C(F)(F)F)C(F)(F)F. The zero-order chi connectivity index (χ0) is 21.0. The van der Waals surface area contributed by atoms with Crippen molar-refractivity contribution in [1.29, 1.82) is 0 Å². The molecule has 1 heterocycles. The first-order chi connectivity index (χ1) is 12.0. The van der Waals surface area contributed by atoms with E-state index in [1.54, 1.807) is 19.9 Å². The van der Waals surface area contributed by atoms with Crippen molar-refractivity contribution < 1.29 is 38.4 Å². The highest BCUT2D eigenvalue weighted by molar-refractivity contribution is 8.37. The summed E-state index contributed by atoms with van der Waals surface area (Å²) in [7, 11) is -11.4. The van der Waals surface area contributed by atoms with Gasteiger partial charge in [0.1, 0.15) is 0 Å². The van der Waals surface area contributed by atoms with E-state index in [2.05, 4.69) is 3.63 Å². The van der Waals surface area contributed by atoms with E-state index in [0.29, 0.717) is 5.56 Å². The fourth-order valence-electron chi connectivity index (χ4n) is 2.69. The van der Waals surface area contributed by atoms with Crippen molar-refractivity contribution in [3.63, 3.8) is 0 Å². The smallest absolute Gasteiger partial charge is 0.196 e.